The van der Waals surface area contributed by atoms with Gasteiger partial charge >= 0.3 is 0 Å². The monoisotopic (exact) mass is 245 g/mol. The van der Waals surface area contributed by atoms with Gasteiger partial charge in [-0.3, -0.25) is 9.78 Å². The van der Waals surface area contributed by atoms with Crippen LogP contribution >= 0.6 is 0 Å². The molecule has 0 aromatic carbocycles. The van der Waals surface area contributed by atoms with Gasteiger partial charge in [0.2, 0.25) is 5.95 Å². The Morgan fingerprint density at radius 1 is 1.17 bits per heavy atom. The van der Waals surface area contributed by atoms with Gasteiger partial charge in [-0.15, -0.1) is 0 Å². The first-order valence-corrected chi connectivity index (χ1v) is 5.56. The topological polar surface area (TPSA) is 54.9 Å². The third-order valence-corrected chi connectivity index (χ3v) is 2.40. The van der Waals surface area contributed by atoms with Crippen LogP contribution in [0.2, 0.25) is 0 Å². The van der Waals surface area contributed by atoms with E-state index < -0.39 is 11.9 Å². The average Bonchev–Trinajstić information content (AvgIpc) is 2.40. The fourth-order valence-corrected chi connectivity index (χ4v) is 1.50. The molecule has 2 heterocycles. The summed E-state index contributed by atoms with van der Waals surface area (Å²) in [6.07, 6.45) is 3.60. The molecular weight excluding hydrogens is 233 g/mol. The van der Waals surface area contributed by atoms with Gasteiger partial charge in [0.05, 0.1) is 5.56 Å². The quantitative estimate of drug-likeness (QED) is 0.832. The molecule has 2 aromatic rings. The first-order valence-electron chi connectivity index (χ1n) is 5.56. The lowest BCUT2D eigenvalue weighted by Crippen LogP contribution is -2.27. The lowest BCUT2D eigenvalue weighted by Gasteiger charge is -2.05. The Labute approximate surface area is 104 Å². The second kappa shape index (κ2) is 5.86. The van der Waals surface area contributed by atoms with Gasteiger partial charge in [-0.2, -0.15) is 4.39 Å². The maximum absolute atomic E-state index is 13.2. The van der Waals surface area contributed by atoms with Crippen molar-refractivity contribution in [2.45, 2.75) is 6.42 Å². The largest absolute Gasteiger partial charge is 0.352 e. The van der Waals surface area contributed by atoms with E-state index in [0.29, 0.717) is 13.0 Å². The molecule has 92 valence electrons. The third kappa shape index (κ3) is 3.10. The first kappa shape index (κ1) is 12.2. The molecule has 0 aliphatic rings. The lowest BCUT2D eigenvalue weighted by molar-refractivity contribution is 0.0949. The van der Waals surface area contributed by atoms with Crippen LogP contribution in [0.1, 0.15) is 16.1 Å². The van der Waals surface area contributed by atoms with Gasteiger partial charge in [0.25, 0.3) is 5.91 Å². The Morgan fingerprint density at radius 2 is 2.00 bits per heavy atom. The molecule has 0 fully saturated rings. The molecule has 0 bridgehead atoms. The van der Waals surface area contributed by atoms with Gasteiger partial charge in [-0.1, -0.05) is 6.07 Å². The van der Waals surface area contributed by atoms with E-state index in [1.165, 1.54) is 18.3 Å². The predicted octanol–water partition coefficient (Wildman–Crippen LogP) is 1.59. The Balaban J connectivity index is 1.88. The second-order valence-corrected chi connectivity index (χ2v) is 3.67. The van der Waals surface area contributed by atoms with Gasteiger partial charge < -0.3 is 5.32 Å². The Bertz CT molecular complexity index is 531. The summed E-state index contributed by atoms with van der Waals surface area (Å²) in [6, 6.07) is 8.50. The molecule has 0 radical (unpaired) electrons. The normalized spacial score (nSPS) is 10.1. The van der Waals surface area contributed by atoms with Crippen LogP contribution in [0.15, 0.2) is 42.7 Å². The number of carbonyl (C=O) groups is 1. The summed E-state index contributed by atoms with van der Waals surface area (Å²) in [7, 11) is 0. The number of nitrogens with zero attached hydrogens (tertiary/aromatic N) is 2. The molecule has 0 saturated heterocycles. The molecule has 2 rings (SSSR count). The second-order valence-electron chi connectivity index (χ2n) is 3.67. The van der Waals surface area contributed by atoms with Crippen molar-refractivity contribution in [3.8, 4) is 0 Å². The van der Waals surface area contributed by atoms with E-state index in [1.807, 2.05) is 18.2 Å². The molecule has 1 amide bonds. The van der Waals surface area contributed by atoms with Gasteiger partial charge in [0, 0.05) is 31.1 Å². The van der Waals surface area contributed by atoms with Crippen molar-refractivity contribution in [3.05, 3.63) is 59.9 Å². The highest BCUT2D eigenvalue weighted by Gasteiger charge is 2.10. The molecule has 0 aliphatic heterocycles. The predicted molar refractivity (Wildman–Crippen MR) is 64.5 cm³/mol. The molecule has 0 saturated carbocycles. The standard InChI is InChI=1S/C13H12FN3O/c14-12-11(5-3-8-16-12)13(18)17-9-6-10-4-1-2-7-15-10/h1-5,7-8H,6,9H2,(H,17,18). The molecule has 0 unspecified atom stereocenters. The highest BCUT2D eigenvalue weighted by atomic mass is 19.1. The molecule has 18 heavy (non-hydrogen) atoms. The van der Waals surface area contributed by atoms with Crippen LogP contribution < -0.4 is 5.32 Å². The van der Waals surface area contributed by atoms with Crippen LogP contribution in [-0.2, 0) is 6.42 Å². The van der Waals surface area contributed by atoms with Crippen molar-refractivity contribution in [1.82, 2.24) is 15.3 Å². The number of halogens is 1. The molecular formula is C13H12FN3O. The summed E-state index contributed by atoms with van der Waals surface area (Å²) in [5.41, 5.74) is 0.836. The number of aromatic nitrogens is 2. The molecule has 5 heteroatoms. The van der Waals surface area contributed by atoms with Crippen molar-refractivity contribution in [2.24, 2.45) is 0 Å². The summed E-state index contributed by atoms with van der Waals surface area (Å²) in [5.74, 6) is -1.22. The van der Waals surface area contributed by atoms with Crippen molar-refractivity contribution in [3.63, 3.8) is 0 Å². The average molecular weight is 245 g/mol. The van der Waals surface area contributed by atoms with Crippen LogP contribution in [0, 0.1) is 5.95 Å². The molecule has 0 atom stereocenters. The van der Waals surface area contributed by atoms with Gasteiger partial charge in [-0.25, -0.2) is 4.98 Å². The number of hydrogen-bond acceptors (Lipinski definition) is 3. The highest BCUT2D eigenvalue weighted by Crippen LogP contribution is 2.02. The fourth-order valence-electron chi connectivity index (χ4n) is 1.50. The van der Waals surface area contributed by atoms with E-state index in [2.05, 4.69) is 15.3 Å². The summed E-state index contributed by atoms with van der Waals surface area (Å²) >= 11 is 0. The van der Waals surface area contributed by atoms with Crippen LogP contribution in [0.5, 0.6) is 0 Å². The minimum absolute atomic E-state index is 0.0430. The highest BCUT2D eigenvalue weighted by molar-refractivity contribution is 5.94. The van der Waals surface area contributed by atoms with Crippen LogP contribution in [0.4, 0.5) is 4.39 Å². The van der Waals surface area contributed by atoms with E-state index in [4.69, 9.17) is 0 Å². The van der Waals surface area contributed by atoms with Gasteiger partial charge in [0.1, 0.15) is 0 Å². The summed E-state index contributed by atoms with van der Waals surface area (Å²) in [4.78, 5) is 19.2. The SMILES string of the molecule is O=C(NCCc1ccccn1)c1cccnc1F. The minimum atomic E-state index is -0.757. The summed E-state index contributed by atoms with van der Waals surface area (Å²) < 4.78 is 13.2. The Kier molecular flexibility index (Phi) is 3.96. The number of carbonyl (C=O) groups excluding carboxylic acids is 1. The maximum Gasteiger partial charge on any atom is 0.255 e. The Hall–Kier alpha value is -2.30. The number of amides is 1. The molecule has 0 spiro atoms. The van der Waals surface area contributed by atoms with E-state index >= 15 is 0 Å². The zero-order chi connectivity index (χ0) is 12.8. The van der Waals surface area contributed by atoms with Crippen LogP contribution in [-0.4, -0.2) is 22.4 Å². The van der Waals surface area contributed by atoms with Crippen LogP contribution in [0.3, 0.4) is 0 Å². The van der Waals surface area contributed by atoms with Crippen molar-refractivity contribution >= 4 is 5.91 Å². The zero-order valence-electron chi connectivity index (χ0n) is 9.64. The summed E-state index contributed by atoms with van der Waals surface area (Å²) in [6.45, 7) is 0.407. The molecule has 2 aromatic heterocycles. The van der Waals surface area contributed by atoms with E-state index in [9.17, 15) is 9.18 Å². The zero-order valence-corrected chi connectivity index (χ0v) is 9.64. The van der Waals surface area contributed by atoms with Crippen molar-refractivity contribution < 1.29 is 9.18 Å². The molecule has 4 nitrogen and oxygen atoms in total. The number of hydrogen-bond donors (Lipinski definition) is 1. The third-order valence-electron chi connectivity index (χ3n) is 2.40. The fraction of sp³-hybridized carbons (Fsp3) is 0.154. The summed E-state index contributed by atoms with van der Waals surface area (Å²) in [5, 5.41) is 2.63. The van der Waals surface area contributed by atoms with E-state index in [1.54, 1.807) is 6.20 Å². The minimum Gasteiger partial charge on any atom is -0.352 e. The van der Waals surface area contributed by atoms with E-state index in [-0.39, 0.29) is 5.56 Å². The number of nitrogens with one attached hydrogen (secondary N) is 1. The molecule has 1 N–H and O–H groups in total. The van der Waals surface area contributed by atoms with Gasteiger partial charge in [-0.05, 0) is 24.3 Å². The molecule has 0 aliphatic carbocycles. The van der Waals surface area contributed by atoms with Crippen LogP contribution in [0.25, 0.3) is 0 Å². The van der Waals surface area contributed by atoms with Crippen molar-refractivity contribution in [2.75, 3.05) is 6.54 Å². The van der Waals surface area contributed by atoms with Gasteiger partial charge in [0.15, 0.2) is 0 Å². The van der Waals surface area contributed by atoms with Crippen molar-refractivity contribution in [1.29, 1.82) is 0 Å². The first-order chi connectivity index (χ1) is 8.77. The van der Waals surface area contributed by atoms with E-state index in [0.717, 1.165) is 5.69 Å². The Morgan fingerprint density at radius 3 is 2.72 bits per heavy atom. The maximum atomic E-state index is 13.2. The lowest BCUT2D eigenvalue weighted by atomic mass is 10.2. The number of pyridine rings is 2. The smallest absolute Gasteiger partial charge is 0.255 e. The number of rotatable bonds is 4.